The Hall–Kier alpha value is -2.72. The van der Waals surface area contributed by atoms with Gasteiger partial charge in [0.2, 0.25) is 0 Å². The molecule has 4 aromatic rings. The van der Waals surface area contributed by atoms with Gasteiger partial charge in [0.1, 0.15) is 11.5 Å². The molecule has 1 fully saturated rings. The van der Waals surface area contributed by atoms with Crippen molar-refractivity contribution in [2.45, 2.75) is 17.7 Å². The summed E-state index contributed by atoms with van der Waals surface area (Å²) < 4.78 is 2.23. The molecule has 1 saturated heterocycles. The van der Waals surface area contributed by atoms with Crippen molar-refractivity contribution >= 4 is 38.7 Å². The lowest BCUT2D eigenvalue weighted by Gasteiger charge is -2.09. The van der Waals surface area contributed by atoms with Crippen LogP contribution in [0.1, 0.15) is 23.2 Å². The molecule has 1 N–H and O–H groups in total. The number of rotatable bonds is 3. The summed E-state index contributed by atoms with van der Waals surface area (Å²) in [5, 5.41) is 11.4. The van der Waals surface area contributed by atoms with E-state index in [4.69, 9.17) is 0 Å². The number of nitrogens with zero attached hydrogens (tertiary/aromatic N) is 1. The minimum atomic E-state index is -0.893. The second-order valence-electron chi connectivity index (χ2n) is 6.99. The van der Waals surface area contributed by atoms with Crippen molar-refractivity contribution in [3.05, 3.63) is 72.3 Å². The highest BCUT2D eigenvalue weighted by Crippen LogP contribution is 2.33. The van der Waals surface area contributed by atoms with E-state index in [0.717, 1.165) is 27.5 Å². The lowest BCUT2D eigenvalue weighted by Crippen LogP contribution is -2.04. The quantitative estimate of drug-likeness (QED) is 0.498. The van der Waals surface area contributed by atoms with Gasteiger partial charge in [0.05, 0.1) is 16.6 Å². The van der Waals surface area contributed by atoms with Crippen molar-refractivity contribution in [3.63, 3.8) is 0 Å². The van der Waals surface area contributed by atoms with Crippen molar-refractivity contribution < 1.29 is 9.90 Å². The maximum atomic E-state index is 11.4. The molecular weight excluding hydrogens is 354 g/mol. The van der Waals surface area contributed by atoms with Gasteiger partial charge in [-0.3, -0.25) is 0 Å². The number of benzene rings is 3. The first-order valence-electron chi connectivity index (χ1n) is 9.27. The zero-order valence-corrected chi connectivity index (χ0v) is 15.7. The lowest BCUT2D eigenvalue weighted by molar-refractivity contribution is 0.0697. The average Bonchev–Trinajstić information content (AvgIpc) is 3.34. The van der Waals surface area contributed by atoms with E-state index in [9.17, 15) is 9.90 Å². The molecule has 134 valence electrons. The van der Waals surface area contributed by atoms with E-state index >= 15 is 0 Å². The Labute approximate surface area is 160 Å². The molecule has 3 nitrogen and oxygen atoms in total. The molecule has 0 spiro atoms. The van der Waals surface area contributed by atoms with Crippen molar-refractivity contribution in [1.82, 2.24) is 4.57 Å². The van der Waals surface area contributed by atoms with Gasteiger partial charge in [0.25, 0.3) is 0 Å². The van der Waals surface area contributed by atoms with Gasteiger partial charge in [0.15, 0.2) is 4.90 Å². The molecule has 0 bridgehead atoms. The monoisotopic (exact) mass is 374 g/mol. The third-order valence-electron chi connectivity index (χ3n) is 5.38. The number of hydrogen-bond donors (Lipinski definition) is 1. The van der Waals surface area contributed by atoms with E-state index in [-0.39, 0.29) is 0 Å². The predicted octanol–water partition coefficient (Wildman–Crippen LogP) is 5.25. The van der Waals surface area contributed by atoms with Crippen LogP contribution in [0.4, 0.5) is 0 Å². The number of fused-ring (bicyclic) bond motifs is 3. The molecule has 5 rings (SSSR count). The van der Waals surface area contributed by atoms with Crippen LogP contribution >= 0.6 is 0 Å². The fourth-order valence-corrected chi connectivity index (χ4v) is 6.36. The van der Waals surface area contributed by atoms with Crippen LogP contribution in [0, 0.1) is 0 Å². The first kappa shape index (κ1) is 16.5. The normalized spacial score (nSPS) is 15.0. The molecule has 1 aliphatic heterocycles. The molecule has 1 aromatic heterocycles. The topological polar surface area (TPSA) is 42.2 Å². The molecule has 0 unspecified atom stereocenters. The molecule has 0 saturated carbocycles. The molecule has 0 atom stereocenters. The maximum Gasteiger partial charge on any atom is 0.335 e. The van der Waals surface area contributed by atoms with Crippen LogP contribution < -0.4 is 0 Å². The lowest BCUT2D eigenvalue weighted by atomic mass is 10.1. The molecule has 4 heteroatoms. The van der Waals surface area contributed by atoms with Crippen LogP contribution in [-0.4, -0.2) is 27.1 Å². The van der Waals surface area contributed by atoms with Gasteiger partial charge >= 0.3 is 5.97 Å². The molecule has 3 aromatic carbocycles. The highest BCUT2D eigenvalue weighted by Gasteiger charge is 2.26. The van der Waals surface area contributed by atoms with E-state index in [1.165, 1.54) is 29.2 Å². The molecule has 27 heavy (non-hydrogen) atoms. The van der Waals surface area contributed by atoms with E-state index in [1.54, 1.807) is 12.1 Å². The number of carboxylic acid groups (broad SMARTS) is 1. The van der Waals surface area contributed by atoms with Crippen LogP contribution in [0.25, 0.3) is 27.5 Å². The zero-order chi connectivity index (χ0) is 18.4. The van der Waals surface area contributed by atoms with E-state index < -0.39 is 5.97 Å². The van der Waals surface area contributed by atoms with Crippen molar-refractivity contribution in [2.75, 3.05) is 11.5 Å². The number of carbonyl (C=O) groups is 1. The van der Waals surface area contributed by atoms with Gasteiger partial charge in [-0.05, 0) is 61.4 Å². The largest absolute Gasteiger partial charge is 0.478 e. The van der Waals surface area contributed by atoms with Gasteiger partial charge in [-0.15, -0.1) is 0 Å². The fourth-order valence-electron chi connectivity index (χ4n) is 4.06. The number of hydrogen-bond acceptors (Lipinski definition) is 1. The smallest absolute Gasteiger partial charge is 0.335 e. The predicted molar refractivity (Wildman–Crippen MR) is 112 cm³/mol. The molecule has 0 aliphatic carbocycles. The molecule has 0 radical (unpaired) electrons. The van der Waals surface area contributed by atoms with Gasteiger partial charge < -0.3 is 9.67 Å². The van der Waals surface area contributed by atoms with Crippen LogP contribution in [0.3, 0.4) is 0 Å². The summed E-state index contributed by atoms with van der Waals surface area (Å²) in [6, 6.07) is 22.6. The van der Waals surface area contributed by atoms with Crippen LogP contribution in [0.5, 0.6) is 0 Å². The summed E-state index contributed by atoms with van der Waals surface area (Å²) in [6.07, 6.45) is 2.70. The van der Waals surface area contributed by atoms with Gasteiger partial charge in [-0.25, -0.2) is 4.79 Å². The first-order chi connectivity index (χ1) is 13.2. The second-order valence-corrected chi connectivity index (χ2v) is 9.27. The average molecular weight is 374 g/mol. The minimum absolute atomic E-state index is 0.322. The third kappa shape index (κ3) is 2.72. The molecule has 2 heterocycles. The molecule has 1 aliphatic rings. The number of carboxylic acids is 1. The Balaban J connectivity index is 1.70. The Bertz CT molecular complexity index is 1150. The Kier molecular flexibility index (Phi) is 3.94. The maximum absolute atomic E-state index is 11.4. The summed E-state index contributed by atoms with van der Waals surface area (Å²) in [6.45, 7) is 0. The second kappa shape index (κ2) is 6.46. The third-order valence-corrected chi connectivity index (χ3v) is 7.88. The Morgan fingerprint density at radius 1 is 0.852 bits per heavy atom. The van der Waals surface area contributed by atoms with Crippen LogP contribution in [-0.2, 0) is 10.9 Å². The standard InChI is InChI=1S/C23H19NO2S/c25-23(26)16-7-12-22-20(15-16)19-5-1-2-6-21(19)24(22)17-8-10-18(11-9-17)27-13-3-4-14-27/h1-2,5-12,15H,3-4,13-14H2/p+1. The highest BCUT2D eigenvalue weighted by atomic mass is 32.2. The fraction of sp³-hybridized carbons (Fsp3) is 0.174. The number of aromatic carboxylic acids is 1. The zero-order valence-electron chi connectivity index (χ0n) is 14.9. The number of aromatic nitrogens is 1. The molecular formula is C23H20NO2S+. The summed E-state index contributed by atoms with van der Waals surface area (Å²) in [4.78, 5) is 12.9. The summed E-state index contributed by atoms with van der Waals surface area (Å²) in [5.74, 6) is 1.76. The first-order valence-corrected chi connectivity index (χ1v) is 10.8. The summed E-state index contributed by atoms with van der Waals surface area (Å²) >= 11 is 0. The summed E-state index contributed by atoms with van der Waals surface area (Å²) in [5.41, 5.74) is 3.59. The molecule has 0 amide bonds. The van der Waals surface area contributed by atoms with Crippen molar-refractivity contribution in [2.24, 2.45) is 0 Å². The van der Waals surface area contributed by atoms with Crippen LogP contribution in [0.15, 0.2) is 71.6 Å². The van der Waals surface area contributed by atoms with Crippen molar-refractivity contribution in [3.8, 4) is 5.69 Å². The highest BCUT2D eigenvalue weighted by molar-refractivity contribution is 7.97. The van der Waals surface area contributed by atoms with E-state index in [1.807, 2.05) is 18.2 Å². The number of para-hydroxylation sites is 1. The van der Waals surface area contributed by atoms with Crippen molar-refractivity contribution in [1.29, 1.82) is 0 Å². The van der Waals surface area contributed by atoms with E-state index in [2.05, 4.69) is 41.0 Å². The van der Waals surface area contributed by atoms with E-state index in [0.29, 0.717) is 16.5 Å². The summed E-state index contributed by atoms with van der Waals surface area (Å²) in [7, 11) is 0.417. The van der Waals surface area contributed by atoms with Gasteiger partial charge in [0, 0.05) is 27.4 Å². The minimum Gasteiger partial charge on any atom is -0.478 e. The van der Waals surface area contributed by atoms with Gasteiger partial charge in [-0.2, -0.15) is 0 Å². The Morgan fingerprint density at radius 3 is 2.30 bits per heavy atom. The SMILES string of the molecule is O=C(O)c1ccc2c(c1)c1ccccc1n2-c1ccc([S+]2CCCC2)cc1. The van der Waals surface area contributed by atoms with Gasteiger partial charge in [-0.1, -0.05) is 18.2 Å². The van der Waals surface area contributed by atoms with Crippen LogP contribution in [0.2, 0.25) is 0 Å². The Morgan fingerprint density at radius 2 is 1.56 bits per heavy atom.